The highest BCUT2D eigenvalue weighted by Crippen LogP contribution is 2.24. The van der Waals surface area contributed by atoms with Crippen molar-refractivity contribution in [2.45, 2.75) is 32.7 Å². The summed E-state index contributed by atoms with van der Waals surface area (Å²) >= 11 is 0. The van der Waals surface area contributed by atoms with Gasteiger partial charge in [0.25, 0.3) is 0 Å². The summed E-state index contributed by atoms with van der Waals surface area (Å²) in [7, 11) is 0. The van der Waals surface area contributed by atoms with Crippen LogP contribution in [0.15, 0.2) is 12.1 Å². The molecule has 0 heterocycles. The summed E-state index contributed by atoms with van der Waals surface area (Å²) in [5.74, 6) is -2.14. The van der Waals surface area contributed by atoms with Gasteiger partial charge in [0.15, 0.2) is 11.6 Å². The van der Waals surface area contributed by atoms with Crippen LogP contribution in [0.3, 0.4) is 0 Å². The predicted octanol–water partition coefficient (Wildman–Crippen LogP) is 2.26. The Labute approximate surface area is 111 Å². The SMILES string of the molecule is CCC(C)NC(=O)CCNc1c(N)ccc(F)c1F. The number of hydrogen-bond donors (Lipinski definition) is 3. The van der Waals surface area contributed by atoms with Crippen LogP contribution in [0.5, 0.6) is 0 Å². The molecule has 1 rings (SSSR count). The third-order valence-corrected chi connectivity index (χ3v) is 2.80. The van der Waals surface area contributed by atoms with Crippen molar-refractivity contribution < 1.29 is 13.6 Å². The van der Waals surface area contributed by atoms with E-state index in [0.29, 0.717) is 0 Å². The highest BCUT2D eigenvalue weighted by Gasteiger charge is 2.12. The van der Waals surface area contributed by atoms with Gasteiger partial charge in [-0.3, -0.25) is 4.79 Å². The standard InChI is InChI=1S/C13H19F2N3O/c1-3-8(2)18-11(19)6-7-17-13-10(16)5-4-9(14)12(13)15/h4-5,8,17H,3,6-7,16H2,1-2H3,(H,18,19). The number of nitrogens with two attached hydrogens (primary N) is 1. The largest absolute Gasteiger partial charge is 0.397 e. The Kier molecular flexibility index (Phi) is 5.54. The van der Waals surface area contributed by atoms with Gasteiger partial charge in [0.2, 0.25) is 5.91 Å². The van der Waals surface area contributed by atoms with E-state index in [1.54, 1.807) is 0 Å². The van der Waals surface area contributed by atoms with Gasteiger partial charge in [0.05, 0.1) is 11.4 Å². The van der Waals surface area contributed by atoms with Gasteiger partial charge in [-0.2, -0.15) is 0 Å². The molecule has 0 bridgehead atoms. The fraction of sp³-hybridized carbons (Fsp3) is 0.462. The first-order valence-electron chi connectivity index (χ1n) is 6.22. The Morgan fingerprint density at radius 3 is 2.74 bits per heavy atom. The third kappa shape index (κ3) is 4.39. The van der Waals surface area contributed by atoms with Crippen molar-refractivity contribution in [1.82, 2.24) is 5.32 Å². The molecule has 1 atom stereocenters. The molecule has 0 saturated carbocycles. The molecule has 0 spiro atoms. The van der Waals surface area contributed by atoms with Crippen LogP contribution >= 0.6 is 0 Å². The Morgan fingerprint density at radius 1 is 1.42 bits per heavy atom. The molecular formula is C13H19F2N3O. The first-order chi connectivity index (χ1) is 8.95. The fourth-order valence-corrected chi connectivity index (χ4v) is 1.50. The molecule has 4 nitrogen and oxygen atoms in total. The van der Waals surface area contributed by atoms with Crippen molar-refractivity contribution in [3.8, 4) is 0 Å². The van der Waals surface area contributed by atoms with Crippen molar-refractivity contribution in [1.29, 1.82) is 0 Å². The van der Waals surface area contributed by atoms with Crippen LogP contribution < -0.4 is 16.4 Å². The Hall–Kier alpha value is -1.85. The molecule has 0 aliphatic heterocycles. The summed E-state index contributed by atoms with van der Waals surface area (Å²) < 4.78 is 26.4. The number of rotatable bonds is 6. The fourth-order valence-electron chi connectivity index (χ4n) is 1.50. The maximum atomic E-state index is 13.4. The number of benzene rings is 1. The zero-order valence-corrected chi connectivity index (χ0v) is 11.1. The molecule has 0 aliphatic carbocycles. The first-order valence-corrected chi connectivity index (χ1v) is 6.22. The predicted molar refractivity (Wildman–Crippen MR) is 71.8 cm³/mol. The number of amides is 1. The summed E-state index contributed by atoms with van der Waals surface area (Å²) in [5, 5.41) is 5.42. The Bertz CT molecular complexity index is 452. The molecule has 1 aromatic carbocycles. The topological polar surface area (TPSA) is 67.2 Å². The average molecular weight is 271 g/mol. The van der Waals surface area contributed by atoms with E-state index < -0.39 is 11.6 Å². The number of hydrogen-bond acceptors (Lipinski definition) is 3. The molecule has 106 valence electrons. The minimum Gasteiger partial charge on any atom is -0.397 e. The molecule has 1 aromatic rings. The van der Waals surface area contributed by atoms with Crippen molar-refractivity contribution in [3.05, 3.63) is 23.8 Å². The minimum atomic E-state index is -1.03. The van der Waals surface area contributed by atoms with Gasteiger partial charge in [-0.25, -0.2) is 8.78 Å². The van der Waals surface area contributed by atoms with Crippen molar-refractivity contribution in [3.63, 3.8) is 0 Å². The maximum absolute atomic E-state index is 13.4. The number of carbonyl (C=O) groups excluding carboxylic acids is 1. The lowest BCUT2D eigenvalue weighted by atomic mass is 10.2. The van der Waals surface area contributed by atoms with Crippen LogP contribution in [0.2, 0.25) is 0 Å². The normalized spacial score (nSPS) is 12.0. The van der Waals surface area contributed by atoms with Gasteiger partial charge in [-0.15, -0.1) is 0 Å². The van der Waals surface area contributed by atoms with Crippen LogP contribution in [0.1, 0.15) is 26.7 Å². The van der Waals surface area contributed by atoms with Crippen molar-refractivity contribution in [2.75, 3.05) is 17.6 Å². The smallest absolute Gasteiger partial charge is 0.221 e. The summed E-state index contributed by atoms with van der Waals surface area (Å²) in [5.41, 5.74) is 5.55. The summed E-state index contributed by atoms with van der Waals surface area (Å²) in [4.78, 5) is 11.5. The Morgan fingerprint density at radius 2 is 2.11 bits per heavy atom. The number of anilines is 2. The van der Waals surface area contributed by atoms with Gasteiger partial charge in [0.1, 0.15) is 0 Å². The lowest BCUT2D eigenvalue weighted by Gasteiger charge is -2.13. The summed E-state index contributed by atoms with van der Waals surface area (Å²) in [6.45, 7) is 4.05. The van der Waals surface area contributed by atoms with Gasteiger partial charge < -0.3 is 16.4 Å². The molecule has 19 heavy (non-hydrogen) atoms. The van der Waals surface area contributed by atoms with E-state index in [4.69, 9.17) is 5.73 Å². The number of nitrogen functional groups attached to an aromatic ring is 1. The second-order valence-corrected chi connectivity index (χ2v) is 4.38. The van der Waals surface area contributed by atoms with Crippen LogP contribution in [-0.4, -0.2) is 18.5 Å². The van der Waals surface area contributed by atoms with E-state index in [9.17, 15) is 13.6 Å². The number of halogens is 2. The maximum Gasteiger partial charge on any atom is 0.221 e. The van der Waals surface area contributed by atoms with Crippen molar-refractivity contribution in [2.24, 2.45) is 0 Å². The van der Waals surface area contributed by atoms with Crippen LogP contribution in [0.25, 0.3) is 0 Å². The number of nitrogens with one attached hydrogen (secondary N) is 2. The van der Waals surface area contributed by atoms with E-state index >= 15 is 0 Å². The zero-order chi connectivity index (χ0) is 14.4. The quantitative estimate of drug-likeness (QED) is 0.695. The van der Waals surface area contributed by atoms with E-state index in [-0.39, 0.29) is 36.3 Å². The van der Waals surface area contributed by atoms with Gasteiger partial charge in [-0.05, 0) is 25.5 Å². The van der Waals surface area contributed by atoms with E-state index in [1.807, 2.05) is 13.8 Å². The highest BCUT2D eigenvalue weighted by molar-refractivity contribution is 5.77. The summed E-state index contributed by atoms with van der Waals surface area (Å²) in [6, 6.07) is 2.34. The third-order valence-electron chi connectivity index (χ3n) is 2.80. The second kappa shape index (κ2) is 6.92. The van der Waals surface area contributed by atoms with Gasteiger partial charge >= 0.3 is 0 Å². The zero-order valence-electron chi connectivity index (χ0n) is 11.1. The van der Waals surface area contributed by atoms with Gasteiger partial charge in [0, 0.05) is 19.0 Å². The van der Waals surface area contributed by atoms with Crippen molar-refractivity contribution >= 4 is 17.3 Å². The molecular weight excluding hydrogens is 252 g/mol. The molecule has 0 saturated heterocycles. The van der Waals surface area contributed by atoms with E-state index in [0.717, 1.165) is 12.5 Å². The molecule has 0 radical (unpaired) electrons. The first kappa shape index (κ1) is 15.2. The Balaban J connectivity index is 2.50. The van der Waals surface area contributed by atoms with Crippen LogP contribution in [0.4, 0.5) is 20.2 Å². The molecule has 1 unspecified atom stereocenters. The molecule has 4 N–H and O–H groups in total. The molecule has 0 fully saturated rings. The van der Waals surface area contributed by atoms with Crippen LogP contribution in [0, 0.1) is 11.6 Å². The number of carbonyl (C=O) groups is 1. The van der Waals surface area contributed by atoms with E-state index in [2.05, 4.69) is 10.6 Å². The summed E-state index contributed by atoms with van der Waals surface area (Å²) in [6.07, 6.45) is 1.00. The van der Waals surface area contributed by atoms with Gasteiger partial charge in [-0.1, -0.05) is 6.92 Å². The second-order valence-electron chi connectivity index (χ2n) is 4.38. The minimum absolute atomic E-state index is 0.100. The lowest BCUT2D eigenvalue weighted by Crippen LogP contribution is -2.33. The molecule has 0 aliphatic rings. The monoisotopic (exact) mass is 271 g/mol. The average Bonchev–Trinajstić information content (AvgIpc) is 2.38. The molecule has 0 aromatic heterocycles. The van der Waals surface area contributed by atoms with Crippen LogP contribution in [-0.2, 0) is 4.79 Å². The van der Waals surface area contributed by atoms with E-state index in [1.165, 1.54) is 6.07 Å². The molecule has 6 heteroatoms. The lowest BCUT2D eigenvalue weighted by molar-refractivity contribution is -0.121. The molecule has 1 amide bonds. The highest BCUT2D eigenvalue weighted by atomic mass is 19.2.